The summed E-state index contributed by atoms with van der Waals surface area (Å²) in [4.78, 5) is 29.3. The molecule has 0 saturated heterocycles. The van der Waals surface area contributed by atoms with Gasteiger partial charge in [0, 0.05) is 12.6 Å². The molecule has 7 nitrogen and oxygen atoms in total. The Morgan fingerprint density at radius 3 is 2.19 bits per heavy atom. The number of nitrogens with zero attached hydrogens (tertiary/aromatic N) is 2. The minimum absolute atomic E-state index is 0.0100. The summed E-state index contributed by atoms with van der Waals surface area (Å²) in [5.41, 5.74) is 0.808. The van der Waals surface area contributed by atoms with E-state index in [-0.39, 0.29) is 34.1 Å². The van der Waals surface area contributed by atoms with Gasteiger partial charge in [0.2, 0.25) is 11.8 Å². The molecule has 0 heterocycles. The number of amides is 2. The largest absolute Gasteiger partial charge is 0.352 e. The van der Waals surface area contributed by atoms with Crippen molar-refractivity contribution in [1.82, 2.24) is 10.2 Å². The zero-order chi connectivity index (χ0) is 30.3. The Labute approximate surface area is 262 Å². The van der Waals surface area contributed by atoms with Gasteiger partial charge < -0.3 is 10.2 Å². The van der Waals surface area contributed by atoms with E-state index >= 15 is 0 Å². The van der Waals surface area contributed by atoms with E-state index in [0.717, 1.165) is 36.4 Å². The maximum atomic E-state index is 14.2. The normalized spacial score (nSPS) is 14.7. The number of benzene rings is 3. The second-order valence-electron chi connectivity index (χ2n) is 10.3. The van der Waals surface area contributed by atoms with Crippen LogP contribution < -0.4 is 9.62 Å². The molecular formula is C31H34Cl3N3O4S. The topological polar surface area (TPSA) is 86.8 Å². The quantitative estimate of drug-likeness (QED) is 0.240. The average molecular weight is 651 g/mol. The Balaban J connectivity index is 1.72. The van der Waals surface area contributed by atoms with Crippen molar-refractivity contribution < 1.29 is 18.0 Å². The molecule has 42 heavy (non-hydrogen) atoms. The van der Waals surface area contributed by atoms with Crippen LogP contribution in [0.5, 0.6) is 0 Å². The Hall–Kier alpha value is -2.78. The third-order valence-corrected chi connectivity index (χ3v) is 10.2. The summed E-state index contributed by atoms with van der Waals surface area (Å²) in [6.45, 7) is 1.27. The van der Waals surface area contributed by atoms with E-state index < -0.39 is 28.5 Å². The van der Waals surface area contributed by atoms with Gasteiger partial charge in [0.15, 0.2) is 0 Å². The lowest BCUT2D eigenvalue weighted by atomic mass is 9.95. The fraction of sp³-hybridized carbons (Fsp3) is 0.355. The fourth-order valence-electron chi connectivity index (χ4n) is 5.19. The minimum atomic E-state index is -4.20. The van der Waals surface area contributed by atoms with Gasteiger partial charge in [0.25, 0.3) is 10.0 Å². The van der Waals surface area contributed by atoms with Crippen molar-refractivity contribution in [3.05, 3.63) is 93.4 Å². The molecule has 1 aliphatic carbocycles. The molecule has 1 saturated carbocycles. The van der Waals surface area contributed by atoms with Gasteiger partial charge in [0.05, 0.1) is 25.7 Å². The Kier molecular flexibility index (Phi) is 11.2. The van der Waals surface area contributed by atoms with Crippen LogP contribution in [0.15, 0.2) is 77.7 Å². The third-order valence-electron chi connectivity index (χ3n) is 7.41. The molecule has 0 aliphatic heterocycles. The van der Waals surface area contributed by atoms with Crippen LogP contribution in [-0.2, 0) is 26.2 Å². The number of hydrogen-bond acceptors (Lipinski definition) is 4. The van der Waals surface area contributed by atoms with Crippen LogP contribution in [0.4, 0.5) is 5.69 Å². The summed E-state index contributed by atoms with van der Waals surface area (Å²) in [5.74, 6) is -0.834. The first-order valence-corrected chi connectivity index (χ1v) is 16.5. The molecule has 0 spiro atoms. The number of nitrogens with one attached hydrogen (secondary N) is 1. The highest BCUT2D eigenvalue weighted by Crippen LogP contribution is 2.31. The maximum absolute atomic E-state index is 14.2. The predicted octanol–water partition coefficient (Wildman–Crippen LogP) is 7.10. The smallest absolute Gasteiger partial charge is 0.264 e. The summed E-state index contributed by atoms with van der Waals surface area (Å²) in [5, 5.41) is 3.97. The Morgan fingerprint density at radius 1 is 0.881 bits per heavy atom. The molecule has 1 aliphatic rings. The van der Waals surface area contributed by atoms with E-state index in [9.17, 15) is 18.0 Å². The van der Waals surface area contributed by atoms with Gasteiger partial charge in [-0.2, -0.15) is 0 Å². The summed E-state index contributed by atoms with van der Waals surface area (Å²) >= 11 is 18.9. The number of para-hydroxylation sites is 1. The summed E-state index contributed by atoms with van der Waals surface area (Å²) in [6, 6.07) is 18.5. The first kappa shape index (κ1) is 32.1. The highest BCUT2D eigenvalue weighted by molar-refractivity contribution is 7.92. The SMILES string of the molecule is CCC(C(=O)NC1CCCCC1)N(Cc1ccc(Cl)c(Cl)c1)C(=O)CN(c1ccccc1Cl)S(=O)(=O)c1ccccc1. The molecule has 0 bridgehead atoms. The van der Waals surface area contributed by atoms with Crippen LogP contribution in [0.2, 0.25) is 15.1 Å². The van der Waals surface area contributed by atoms with E-state index in [1.165, 1.54) is 17.0 Å². The molecule has 11 heteroatoms. The molecule has 1 unspecified atom stereocenters. The number of sulfonamides is 1. The highest BCUT2D eigenvalue weighted by Gasteiger charge is 2.35. The van der Waals surface area contributed by atoms with Crippen LogP contribution in [0.3, 0.4) is 0 Å². The standard InChI is InChI=1S/C31H34Cl3N3O4S/c1-2-28(31(39)35-23-11-5-3-6-12-23)36(20-22-17-18-25(32)27(34)19-22)30(38)21-37(29-16-10-9-15-26(29)33)42(40,41)24-13-7-4-8-14-24/h4,7-10,13-19,23,28H,2-3,5-6,11-12,20-21H2,1H3,(H,35,39). The first-order chi connectivity index (χ1) is 20.1. The molecule has 3 aromatic carbocycles. The number of hydrogen-bond donors (Lipinski definition) is 1. The second-order valence-corrected chi connectivity index (χ2v) is 13.4. The lowest BCUT2D eigenvalue weighted by molar-refractivity contribution is -0.140. The molecule has 4 rings (SSSR count). The van der Waals surface area contributed by atoms with Crippen molar-refractivity contribution in [2.24, 2.45) is 0 Å². The van der Waals surface area contributed by atoms with E-state index in [1.54, 1.807) is 60.7 Å². The zero-order valence-corrected chi connectivity index (χ0v) is 26.4. The van der Waals surface area contributed by atoms with Crippen molar-refractivity contribution in [2.75, 3.05) is 10.8 Å². The van der Waals surface area contributed by atoms with E-state index in [1.807, 2.05) is 6.92 Å². The van der Waals surface area contributed by atoms with Crippen molar-refractivity contribution in [1.29, 1.82) is 0 Å². The fourth-order valence-corrected chi connectivity index (χ4v) is 7.25. The average Bonchev–Trinajstić information content (AvgIpc) is 2.99. The van der Waals surface area contributed by atoms with Crippen molar-refractivity contribution in [3.8, 4) is 0 Å². The van der Waals surface area contributed by atoms with Crippen molar-refractivity contribution in [2.45, 2.75) is 69.0 Å². The number of halogens is 3. The molecule has 3 aromatic rings. The zero-order valence-electron chi connectivity index (χ0n) is 23.3. The van der Waals surface area contributed by atoms with Crippen molar-refractivity contribution >= 4 is 62.3 Å². The molecule has 1 N–H and O–H groups in total. The number of rotatable bonds is 11. The van der Waals surface area contributed by atoms with Gasteiger partial charge >= 0.3 is 0 Å². The molecular weight excluding hydrogens is 617 g/mol. The Bertz CT molecular complexity index is 1500. The number of carbonyl (C=O) groups excluding carboxylic acids is 2. The third kappa shape index (κ3) is 7.78. The lowest BCUT2D eigenvalue weighted by Gasteiger charge is -2.34. The number of anilines is 1. The first-order valence-electron chi connectivity index (χ1n) is 14.0. The predicted molar refractivity (Wildman–Crippen MR) is 169 cm³/mol. The van der Waals surface area contributed by atoms with Gasteiger partial charge in [-0.15, -0.1) is 0 Å². The molecule has 2 amide bonds. The van der Waals surface area contributed by atoms with Gasteiger partial charge in [-0.25, -0.2) is 8.42 Å². The van der Waals surface area contributed by atoms with Crippen LogP contribution >= 0.6 is 34.8 Å². The van der Waals surface area contributed by atoms with Gasteiger partial charge in [-0.05, 0) is 61.2 Å². The summed E-state index contributed by atoms with van der Waals surface area (Å²) < 4.78 is 28.8. The van der Waals surface area contributed by atoms with E-state index in [4.69, 9.17) is 34.8 Å². The molecule has 224 valence electrons. The lowest BCUT2D eigenvalue weighted by Crippen LogP contribution is -2.54. The van der Waals surface area contributed by atoms with Gasteiger partial charge in [-0.1, -0.05) is 97.4 Å². The van der Waals surface area contributed by atoms with Gasteiger partial charge in [-0.3, -0.25) is 13.9 Å². The second kappa shape index (κ2) is 14.6. The molecule has 0 aromatic heterocycles. The molecule has 0 radical (unpaired) electrons. The van der Waals surface area contributed by atoms with Crippen molar-refractivity contribution in [3.63, 3.8) is 0 Å². The van der Waals surface area contributed by atoms with Crippen LogP contribution in [0, 0.1) is 0 Å². The monoisotopic (exact) mass is 649 g/mol. The number of carbonyl (C=O) groups is 2. The van der Waals surface area contributed by atoms with E-state index in [0.29, 0.717) is 22.0 Å². The summed E-state index contributed by atoms with van der Waals surface area (Å²) in [6.07, 6.45) is 5.31. The summed E-state index contributed by atoms with van der Waals surface area (Å²) in [7, 11) is -4.20. The maximum Gasteiger partial charge on any atom is 0.264 e. The molecule has 1 fully saturated rings. The van der Waals surface area contributed by atoms with Crippen LogP contribution in [0.25, 0.3) is 0 Å². The van der Waals surface area contributed by atoms with Crippen LogP contribution in [-0.4, -0.2) is 43.8 Å². The Morgan fingerprint density at radius 2 is 1.55 bits per heavy atom. The highest BCUT2D eigenvalue weighted by atomic mass is 35.5. The molecule has 1 atom stereocenters. The van der Waals surface area contributed by atoms with Crippen LogP contribution in [0.1, 0.15) is 51.0 Å². The van der Waals surface area contributed by atoms with Gasteiger partial charge in [0.1, 0.15) is 12.6 Å². The minimum Gasteiger partial charge on any atom is -0.352 e. The van der Waals surface area contributed by atoms with E-state index in [2.05, 4.69) is 5.32 Å².